The zero-order valence-corrected chi connectivity index (χ0v) is 27.8. The molecule has 8 rings (SSSR count). The lowest BCUT2D eigenvalue weighted by Gasteiger charge is -2.45. The van der Waals surface area contributed by atoms with Gasteiger partial charge in [0.05, 0.1) is 17.1 Å². The molecule has 2 saturated heterocycles. The maximum Gasteiger partial charge on any atom is 0.471 e. The summed E-state index contributed by atoms with van der Waals surface area (Å²) in [6.07, 6.45) is -8.90. The summed E-state index contributed by atoms with van der Waals surface area (Å²) in [7, 11) is 0. The molecule has 0 bridgehead atoms. The van der Waals surface area contributed by atoms with E-state index in [1.165, 1.54) is 45.5 Å². The van der Waals surface area contributed by atoms with Crippen LogP contribution in [0.25, 0.3) is 11.4 Å². The fraction of sp³-hybridized carbons (Fsp3) is 0.333. The largest absolute Gasteiger partial charge is 0.479 e. The Bertz CT molecular complexity index is 2200. The Hall–Kier alpha value is -5.86. The molecular weight excluding hydrogens is 734 g/mol. The van der Waals surface area contributed by atoms with Crippen molar-refractivity contribution in [1.82, 2.24) is 18.9 Å². The van der Waals surface area contributed by atoms with Crippen LogP contribution in [0.15, 0.2) is 60.7 Å². The van der Waals surface area contributed by atoms with Crippen LogP contribution in [0.5, 0.6) is 11.5 Å². The molecule has 0 N–H and O–H groups in total. The highest BCUT2D eigenvalue weighted by Crippen LogP contribution is 2.48. The van der Waals surface area contributed by atoms with Crippen molar-refractivity contribution < 1.29 is 59.0 Å². The minimum atomic E-state index is -4.93. The van der Waals surface area contributed by atoms with Crippen molar-refractivity contribution in [3.63, 3.8) is 0 Å². The van der Waals surface area contributed by atoms with Gasteiger partial charge in [-0.15, -0.1) is 0 Å². The molecule has 4 aromatic rings. The van der Waals surface area contributed by atoms with Gasteiger partial charge in [-0.1, -0.05) is 12.1 Å². The van der Waals surface area contributed by atoms with Gasteiger partial charge in [0.25, 0.3) is 0 Å². The Morgan fingerprint density at radius 2 is 1.09 bits per heavy atom. The zero-order valence-electron chi connectivity index (χ0n) is 27.8. The lowest BCUT2D eigenvalue weighted by Crippen LogP contribution is -2.52. The van der Waals surface area contributed by atoms with Gasteiger partial charge in [-0.05, 0) is 48.5 Å². The number of para-hydroxylation sites is 2. The summed E-state index contributed by atoms with van der Waals surface area (Å²) >= 11 is 0. The van der Waals surface area contributed by atoms with Gasteiger partial charge in [-0.25, -0.2) is 8.78 Å². The van der Waals surface area contributed by atoms with Crippen molar-refractivity contribution in [1.29, 1.82) is 5.26 Å². The van der Waals surface area contributed by atoms with E-state index in [4.69, 9.17) is 9.47 Å². The number of aldehydes is 1. The van der Waals surface area contributed by atoms with Crippen LogP contribution in [0.3, 0.4) is 0 Å². The summed E-state index contributed by atoms with van der Waals surface area (Å²) in [4.78, 5) is 35.9. The van der Waals surface area contributed by atoms with Crippen LogP contribution in [0.4, 0.5) is 35.1 Å². The minimum absolute atomic E-state index is 0.0904. The van der Waals surface area contributed by atoms with E-state index in [2.05, 4.69) is 0 Å². The second-order valence-electron chi connectivity index (χ2n) is 13.1. The molecule has 0 unspecified atom stereocenters. The fourth-order valence-electron chi connectivity index (χ4n) is 7.60. The van der Waals surface area contributed by atoms with Gasteiger partial charge in [-0.3, -0.25) is 19.0 Å². The third-order valence-electron chi connectivity index (χ3n) is 10.1. The number of benzene rings is 2. The van der Waals surface area contributed by atoms with Crippen molar-refractivity contribution in [3.05, 3.63) is 95.1 Å². The van der Waals surface area contributed by atoms with Crippen molar-refractivity contribution in [2.24, 2.45) is 0 Å². The SMILES string of the molecule is N#Cc1ccc2n1-c1c(F)cccc1OC21CCN(C(=O)C(F)(F)F)CC1.O=Cc1ccc2n1-c1c(F)cccc1OC21CCN(C(=O)C(F)(F)F)CC1. The molecule has 6 heterocycles. The number of halogens is 8. The third-order valence-corrected chi connectivity index (χ3v) is 10.1. The molecule has 0 aliphatic carbocycles. The van der Waals surface area contributed by atoms with Crippen molar-refractivity contribution in [2.75, 3.05) is 26.2 Å². The van der Waals surface area contributed by atoms with Crippen LogP contribution in [-0.2, 0) is 20.8 Å². The first-order valence-electron chi connectivity index (χ1n) is 16.5. The molecule has 2 spiro atoms. The monoisotopic (exact) mass is 761 g/mol. The van der Waals surface area contributed by atoms with Crippen LogP contribution in [0.1, 0.15) is 53.3 Å². The quantitative estimate of drug-likeness (QED) is 0.163. The van der Waals surface area contributed by atoms with Crippen molar-refractivity contribution in [3.8, 4) is 28.9 Å². The molecule has 10 nitrogen and oxygen atoms in total. The number of likely N-dealkylation sites (tertiary alicyclic amines) is 2. The average Bonchev–Trinajstić information content (AvgIpc) is 3.78. The van der Waals surface area contributed by atoms with Gasteiger partial charge in [0.15, 0.2) is 29.1 Å². The lowest BCUT2D eigenvalue weighted by atomic mass is 9.86. The molecular formula is C36H27F8N5O5. The maximum absolute atomic E-state index is 14.4. The summed E-state index contributed by atoms with van der Waals surface area (Å²) in [5, 5.41) is 9.38. The number of carbonyl (C=O) groups is 3. The van der Waals surface area contributed by atoms with E-state index in [9.17, 15) is 54.8 Å². The second kappa shape index (κ2) is 12.9. The van der Waals surface area contributed by atoms with E-state index in [-0.39, 0.29) is 86.1 Å². The molecule has 2 aromatic heterocycles. The average molecular weight is 762 g/mol. The topological polar surface area (TPSA) is 110 Å². The van der Waals surface area contributed by atoms with E-state index in [1.807, 2.05) is 6.07 Å². The summed E-state index contributed by atoms with van der Waals surface area (Å²) in [5.74, 6) is -4.49. The Kier molecular flexibility index (Phi) is 8.73. The zero-order chi connectivity index (χ0) is 38.8. The van der Waals surface area contributed by atoms with Crippen molar-refractivity contribution in [2.45, 2.75) is 49.2 Å². The van der Waals surface area contributed by atoms with E-state index in [0.29, 0.717) is 17.7 Å². The third kappa shape index (κ3) is 5.91. The van der Waals surface area contributed by atoms with Crippen LogP contribution in [-0.4, -0.2) is 75.6 Å². The fourth-order valence-corrected chi connectivity index (χ4v) is 7.60. The number of aromatic nitrogens is 2. The van der Waals surface area contributed by atoms with Gasteiger partial charge in [-0.2, -0.15) is 31.6 Å². The van der Waals surface area contributed by atoms with Gasteiger partial charge >= 0.3 is 24.2 Å². The Balaban J connectivity index is 0.000000167. The number of alkyl halides is 6. The van der Waals surface area contributed by atoms with Gasteiger partial charge in [0, 0.05) is 51.9 Å². The first-order valence-corrected chi connectivity index (χ1v) is 16.5. The Labute approximate surface area is 300 Å². The normalized spacial score (nSPS) is 17.8. The summed E-state index contributed by atoms with van der Waals surface area (Å²) in [6.45, 7) is -0.638. The Morgan fingerprint density at radius 1 is 0.667 bits per heavy atom. The molecule has 0 saturated carbocycles. The number of hydrogen-bond acceptors (Lipinski definition) is 6. The van der Waals surface area contributed by atoms with Crippen LogP contribution in [0, 0.1) is 23.0 Å². The van der Waals surface area contributed by atoms with E-state index in [0.717, 1.165) is 9.80 Å². The van der Waals surface area contributed by atoms with Crippen molar-refractivity contribution >= 4 is 18.1 Å². The van der Waals surface area contributed by atoms with Gasteiger partial charge in [0.2, 0.25) is 0 Å². The first kappa shape index (κ1) is 36.5. The molecule has 54 heavy (non-hydrogen) atoms. The highest BCUT2D eigenvalue weighted by molar-refractivity contribution is 5.82. The molecule has 0 radical (unpaired) electrons. The number of rotatable bonds is 1. The summed E-state index contributed by atoms with van der Waals surface area (Å²) in [6, 6.07) is 16.8. The molecule has 0 atom stereocenters. The van der Waals surface area contributed by atoms with E-state index >= 15 is 0 Å². The van der Waals surface area contributed by atoms with Crippen LogP contribution in [0.2, 0.25) is 0 Å². The second-order valence-corrected chi connectivity index (χ2v) is 13.1. The molecule has 2 amide bonds. The molecule has 4 aliphatic heterocycles. The van der Waals surface area contributed by atoms with Crippen LogP contribution < -0.4 is 9.47 Å². The molecule has 18 heteroatoms. The standard InChI is InChI=1S/C18H13F4N3O2.C18H14F4N2O3/c19-12-2-1-3-13-15(12)25-11(10-23)4-5-14(25)17(27-13)6-8-24(9-7-17)16(26)18(20,21)22;19-12-2-1-3-13-15(12)24-11(10-25)4-5-14(24)17(27-13)6-8-23(9-7-17)16(26)18(20,21)22/h1-5H,6-9H2;1-5,10H,6-9H2. The molecule has 2 fully saturated rings. The minimum Gasteiger partial charge on any atom is -0.479 e. The predicted molar refractivity (Wildman–Crippen MR) is 170 cm³/mol. The number of carbonyl (C=O) groups excluding carboxylic acids is 3. The number of fused-ring (bicyclic) bond motifs is 8. The van der Waals surface area contributed by atoms with Crippen LogP contribution >= 0.6 is 0 Å². The van der Waals surface area contributed by atoms with E-state index < -0.39 is 47.0 Å². The number of amides is 2. The maximum atomic E-state index is 14.4. The Morgan fingerprint density at radius 3 is 1.52 bits per heavy atom. The molecule has 282 valence electrons. The smallest absolute Gasteiger partial charge is 0.471 e. The van der Waals surface area contributed by atoms with Gasteiger partial charge < -0.3 is 23.8 Å². The van der Waals surface area contributed by atoms with Gasteiger partial charge in [0.1, 0.15) is 34.6 Å². The predicted octanol–water partition coefficient (Wildman–Crippen LogP) is 6.46. The number of ether oxygens (including phenoxy) is 2. The summed E-state index contributed by atoms with van der Waals surface area (Å²) < 4.78 is 120. The molecule has 2 aromatic carbocycles. The number of nitrogens with zero attached hydrogens (tertiary/aromatic N) is 5. The van der Waals surface area contributed by atoms with E-state index in [1.54, 1.807) is 24.3 Å². The first-order chi connectivity index (χ1) is 25.5. The number of piperidine rings is 2. The number of hydrogen-bond donors (Lipinski definition) is 0. The molecule has 4 aliphatic rings. The lowest BCUT2D eigenvalue weighted by molar-refractivity contribution is -0.188. The highest BCUT2D eigenvalue weighted by atomic mass is 19.4. The number of nitriles is 1. The summed E-state index contributed by atoms with van der Waals surface area (Å²) in [5.41, 5.74) is -0.465. The highest BCUT2D eigenvalue weighted by Gasteiger charge is 2.51.